The molecule has 0 aliphatic rings. The molecule has 0 atom stereocenters. The van der Waals surface area contributed by atoms with E-state index in [-0.39, 0.29) is 12.0 Å². The molecule has 1 rings (SSSR count). The van der Waals surface area contributed by atoms with Crippen molar-refractivity contribution >= 4 is 11.9 Å². The molecule has 1 heterocycles. The van der Waals surface area contributed by atoms with Crippen LogP contribution in [0.5, 0.6) is 5.88 Å². The number of anilines is 1. The van der Waals surface area contributed by atoms with Gasteiger partial charge in [0.2, 0.25) is 11.8 Å². The van der Waals surface area contributed by atoms with Gasteiger partial charge in [0.25, 0.3) is 0 Å². The molecule has 0 fully saturated rings. The van der Waals surface area contributed by atoms with E-state index in [1.54, 1.807) is 12.3 Å². The molecule has 0 spiro atoms. The van der Waals surface area contributed by atoms with Crippen molar-refractivity contribution in [2.75, 3.05) is 11.9 Å². The molecular weight excluding hydrogens is 234 g/mol. The number of aliphatic carboxylic acids is 1. The van der Waals surface area contributed by atoms with Gasteiger partial charge in [0, 0.05) is 24.2 Å². The lowest BCUT2D eigenvalue weighted by Gasteiger charge is -2.25. The van der Waals surface area contributed by atoms with Crippen molar-refractivity contribution < 1.29 is 14.6 Å². The maximum Gasteiger partial charge on any atom is 0.303 e. The van der Waals surface area contributed by atoms with Gasteiger partial charge in [0.05, 0.1) is 6.61 Å². The van der Waals surface area contributed by atoms with Gasteiger partial charge in [-0.25, -0.2) is 4.98 Å². The van der Waals surface area contributed by atoms with Crippen LogP contribution in [-0.4, -0.2) is 33.2 Å². The number of carbonyl (C=O) groups is 1. The first-order valence-electron chi connectivity index (χ1n) is 5.89. The van der Waals surface area contributed by atoms with Crippen LogP contribution >= 0.6 is 0 Å². The summed E-state index contributed by atoms with van der Waals surface area (Å²) >= 11 is 0. The zero-order valence-corrected chi connectivity index (χ0v) is 10.9. The standard InChI is InChI=1S/C12H19N3O3/c1-4-18-9-6-8-13-11(14-9)15-12(2,3)7-5-10(16)17/h6,8H,4-5,7H2,1-3H3,(H,16,17)(H,13,14,15). The van der Waals surface area contributed by atoms with E-state index in [2.05, 4.69) is 15.3 Å². The topological polar surface area (TPSA) is 84.3 Å². The van der Waals surface area contributed by atoms with E-state index in [9.17, 15) is 4.79 Å². The van der Waals surface area contributed by atoms with Crippen molar-refractivity contribution in [3.8, 4) is 5.88 Å². The SMILES string of the molecule is CCOc1ccnc(NC(C)(C)CCC(=O)O)n1. The minimum atomic E-state index is -0.811. The molecule has 0 saturated carbocycles. The molecule has 0 aliphatic carbocycles. The van der Waals surface area contributed by atoms with Crippen LogP contribution < -0.4 is 10.1 Å². The fraction of sp³-hybridized carbons (Fsp3) is 0.583. The van der Waals surface area contributed by atoms with Crippen molar-refractivity contribution in [3.63, 3.8) is 0 Å². The number of aromatic nitrogens is 2. The second kappa shape index (κ2) is 6.18. The molecule has 100 valence electrons. The summed E-state index contributed by atoms with van der Waals surface area (Å²) in [5, 5.41) is 11.8. The summed E-state index contributed by atoms with van der Waals surface area (Å²) in [6, 6.07) is 1.68. The zero-order valence-electron chi connectivity index (χ0n) is 10.9. The van der Waals surface area contributed by atoms with Crippen molar-refractivity contribution in [1.82, 2.24) is 9.97 Å². The van der Waals surface area contributed by atoms with Crippen LogP contribution in [0.2, 0.25) is 0 Å². The number of nitrogens with one attached hydrogen (secondary N) is 1. The third-order valence-corrected chi connectivity index (χ3v) is 2.34. The predicted molar refractivity (Wildman–Crippen MR) is 67.8 cm³/mol. The molecule has 2 N–H and O–H groups in total. The fourth-order valence-corrected chi connectivity index (χ4v) is 1.42. The Hall–Kier alpha value is -1.85. The quantitative estimate of drug-likeness (QED) is 0.772. The normalized spacial score (nSPS) is 11.1. The van der Waals surface area contributed by atoms with E-state index >= 15 is 0 Å². The van der Waals surface area contributed by atoms with Gasteiger partial charge in [-0.05, 0) is 27.2 Å². The van der Waals surface area contributed by atoms with E-state index in [1.807, 2.05) is 20.8 Å². The van der Waals surface area contributed by atoms with E-state index in [0.29, 0.717) is 24.9 Å². The van der Waals surface area contributed by atoms with Crippen molar-refractivity contribution in [3.05, 3.63) is 12.3 Å². The fourth-order valence-electron chi connectivity index (χ4n) is 1.42. The van der Waals surface area contributed by atoms with Crippen molar-refractivity contribution in [2.24, 2.45) is 0 Å². The van der Waals surface area contributed by atoms with Gasteiger partial charge < -0.3 is 15.2 Å². The number of hydrogen-bond donors (Lipinski definition) is 2. The van der Waals surface area contributed by atoms with Crippen LogP contribution in [0.25, 0.3) is 0 Å². The van der Waals surface area contributed by atoms with E-state index in [1.165, 1.54) is 0 Å². The number of hydrogen-bond acceptors (Lipinski definition) is 5. The van der Waals surface area contributed by atoms with Crippen LogP contribution in [0.1, 0.15) is 33.6 Å². The highest BCUT2D eigenvalue weighted by atomic mass is 16.5. The summed E-state index contributed by atoms with van der Waals surface area (Å²) in [6.45, 7) is 6.24. The van der Waals surface area contributed by atoms with Crippen LogP contribution in [0.15, 0.2) is 12.3 Å². The minimum Gasteiger partial charge on any atom is -0.481 e. The largest absolute Gasteiger partial charge is 0.481 e. The summed E-state index contributed by atoms with van der Waals surface area (Å²) < 4.78 is 5.27. The number of rotatable bonds is 7. The van der Waals surface area contributed by atoms with Gasteiger partial charge in [-0.2, -0.15) is 4.98 Å². The molecule has 18 heavy (non-hydrogen) atoms. The van der Waals surface area contributed by atoms with Gasteiger partial charge in [-0.15, -0.1) is 0 Å². The highest BCUT2D eigenvalue weighted by Crippen LogP contribution is 2.18. The Labute approximate surface area is 106 Å². The van der Waals surface area contributed by atoms with Crippen LogP contribution in [0, 0.1) is 0 Å². The number of carboxylic acids is 1. The van der Waals surface area contributed by atoms with Gasteiger partial charge in [-0.3, -0.25) is 4.79 Å². The average Bonchev–Trinajstić information content (AvgIpc) is 2.27. The third kappa shape index (κ3) is 4.99. The number of ether oxygens (including phenoxy) is 1. The molecule has 0 amide bonds. The molecule has 6 nitrogen and oxygen atoms in total. The van der Waals surface area contributed by atoms with E-state index < -0.39 is 5.97 Å². The van der Waals surface area contributed by atoms with Gasteiger partial charge in [0.15, 0.2) is 0 Å². The summed E-state index contributed by atoms with van der Waals surface area (Å²) in [7, 11) is 0. The van der Waals surface area contributed by atoms with Crippen LogP contribution in [-0.2, 0) is 4.79 Å². The monoisotopic (exact) mass is 253 g/mol. The maximum absolute atomic E-state index is 10.6. The summed E-state index contributed by atoms with van der Waals surface area (Å²) in [6.07, 6.45) is 2.20. The first-order valence-corrected chi connectivity index (χ1v) is 5.89. The van der Waals surface area contributed by atoms with Crippen LogP contribution in [0.3, 0.4) is 0 Å². The first kappa shape index (κ1) is 14.2. The molecule has 0 unspecified atom stereocenters. The van der Waals surface area contributed by atoms with E-state index in [0.717, 1.165) is 0 Å². The lowest BCUT2D eigenvalue weighted by atomic mass is 9.99. The summed E-state index contributed by atoms with van der Waals surface area (Å²) in [5.74, 6) is 0.134. The van der Waals surface area contributed by atoms with Gasteiger partial charge >= 0.3 is 5.97 Å². The molecule has 6 heteroatoms. The summed E-state index contributed by atoms with van der Waals surface area (Å²) in [5.41, 5.74) is -0.386. The number of nitrogens with zero attached hydrogens (tertiary/aromatic N) is 2. The summed E-state index contributed by atoms with van der Waals surface area (Å²) in [4.78, 5) is 18.8. The van der Waals surface area contributed by atoms with Crippen LogP contribution in [0.4, 0.5) is 5.95 Å². The number of carboxylic acid groups (broad SMARTS) is 1. The Morgan fingerprint density at radius 3 is 2.89 bits per heavy atom. The van der Waals surface area contributed by atoms with E-state index in [4.69, 9.17) is 9.84 Å². The Morgan fingerprint density at radius 2 is 2.28 bits per heavy atom. The molecule has 1 aromatic heterocycles. The van der Waals surface area contributed by atoms with Crippen molar-refractivity contribution in [2.45, 2.75) is 39.2 Å². The maximum atomic E-state index is 10.6. The molecule has 0 saturated heterocycles. The highest BCUT2D eigenvalue weighted by molar-refractivity contribution is 5.66. The zero-order chi connectivity index (χ0) is 13.6. The van der Waals surface area contributed by atoms with Crippen molar-refractivity contribution in [1.29, 1.82) is 0 Å². The molecule has 1 aromatic rings. The molecule has 0 bridgehead atoms. The highest BCUT2D eigenvalue weighted by Gasteiger charge is 2.20. The van der Waals surface area contributed by atoms with Gasteiger partial charge in [0.1, 0.15) is 0 Å². The average molecular weight is 253 g/mol. The molecule has 0 aliphatic heterocycles. The second-order valence-electron chi connectivity index (χ2n) is 4.55. The molecule has 0 aromatic carbocycles. The third-order valence-electron chi connectivity index (χ3n) is 2.34. The second-order valence-corrected chi connectivity index (χ2v) is 4.55. The first-order chi connectivity index (χ1) is 8.43. The van der Waals surface area contributed by atoms with Gasteiger partial charge in [-0.1, -0.05) is 0 Å². The smallest absolute Gasteiger partial charge is 0.303 e. The molecule has 0 radical (unpaired) electrons. The molecular formula is C12H19N3O3. The Morgan fingerprint density at radius 1 is 1.56 bits per heavy atom. The predicted octanol–water partition coefficient (Wildman–Crippen LogP) is 1.93. The minimum absolute atomic E-state index is 0.102. The Balaban J connectivity index is 2.64. The lowest BCUT2D eigenvalue weighted by molar-refractivity contribution is -0.137. The Bertz CT molecular complexity index is 407. The Kier molecular flexibility index (Phi) is 4.88. The lowest BCUT2D eigenvalue weighted by Crippen LogP contribution is -2.32.